The molecule has 0 fully saturated rings. The second kappa shape index (κ2) is 9.10. The van der Waals surface area contributed by atoms with E-state index in [1.807, 2.05) is 32.0 Å². The quantitative estimate of drug-likeness (QED) is 0.677. The van der Waals surface area contributed by atoms with Gasteiger partial charge < -0.3 is 15.2 Å². The van der Waals surface area contributed by atoms with Gasteiger partial charge in [-0.05, 0) is 37.9 Å². The highest BCUT2D eigenvalue weighted by atomic mass is 32.2. The van der Waals surface area contributed by atoms with E-state index in [4.69, 9.17) is 4.74 Å². The maximum absolute atomic E-state index is 10.9. The summed E-state index contributed by atoms with van der Waals surface area (Å²) >= 11 is 0. The molecule has 5 heteroatoms. The molecule has 0 aliphatic heterocycles. The highest BCUT2D eigenvalue weighted by Crippen LogP contribution is 2.22. The van der Waals surface area contributed by atoms with Crippen LogP contribution < -0.4 is 10.1 Å². The average molecular weight is 299 g/mol. The topological polar surface area (TPSA) is 58.6 Å². The van der Waals surface area contributed by atoms with E-state index in [0.717, 1.165) is 29.8 Å². The summed E-state index contributed by atoms with van der Waals surface area (Å²) < 4.78 is 16.6. The lowest BCUT2D eigenvalue weighted by atomic mass is 10.1. The summed E-state index contributed by atoms with van der Waals surface area (Å²) in [7, 11) is -0.741. The predicted octanol–water partition coefficient (Wildman–Crippen LogP) is 1.40. The molecule has 114 valence electrons. The fourth-order valence-electron chi connectivity index (χ4n) is 1.93. The molecular formula is C15H25NO3S. The second-order valence-electron chi connectivity index (χ2n) is 5.02. The molecule has 0 amide bonds. The van der Waals surface area contributed by atoms with Crippen LogP contribution in [-0.4, -0.2) is 47.1 Å². The molecule has 2 N–H and O–H groups in total. The van der Waals surface area contributed by atoms with Gasteiger partial charge in [-0.25, -0.2) is 0 Å². The lowest BCUT2D eigenvalue weighted by Gasteiger charge is -2.16. The summed E-state index contributed by atoms with van der Waals surface area (Å²) in [6, 6.07) is 5.99. The minimum absolute atomic E-state index is 0.276. The van der Waals surface area contributed by atoms with Crippen molar-refractivity contribution in [1.29, 1.82) is 0 Å². The van der Waals surface area contributed by atoms with Gasteiger partial charge in [0.15, 0.2) is 0 Å². The first-order valence-corrected chi connectivity index (χ1v) is 8.61. The maximum atomic E-state index is 10.9. The monoisotopic (exact) mass is 299 g/mol. The number of hydrogen-bond donors (Lipinski definition) is 2. The van der Waals surface area contributed by atoms with E-state index in [0.29, 0.717) is 12.3 Å². The number of nitrogens with one attached hydrogen (secondary N) is 1. The molecule has 0 aliphatic rings. The molecule has 0 aliphatic carbocycles. The molecule has 2 unspecified atom stereocenters. The van der Waals surface area contributed by atoms with Crippen molar-refractivity contribution in [2.45, 2.75) is 26.4 Å². The second-order valence-corrected chi connectivity index (χ2v) is 6.58. The number of aryl methyl sites for hydroxylation is 2. The van der Waals surface area contributed by atoms with E-state index in [2.05, 4.69) is 5.32 Å². The van der Waals surface area contributed by atoms with Gasteiger partial charge >= 0.3 is 0 Å². The van der Waals surface area contributed by atoms with Crippen molar-refractivity contribution >= 4 is 10.8 Å². The van der Waals surface area contributed by atoms with Crippen molar-refractivity contribution in [1.82, 2.24) is 5.32 Å². The van der Waals surface area contributed by atoms with Crippen molar-refractivity contribution in [3.63, 3.8) is 0 Å². The van der Waals surface area contributed by atoms with E-state index in [-0.39, 0.29) is 6.61 Å². The molecule has 0 saturated carbocycles. The molecule has 4 nitrogen and oxygen atoms in total. The molecule has 1 aromatic rings. The highest BCUT2D eigenvalue weighted by molar-refractivity contribution is 7.84. The maximum Gasteiger partial charge on any atom is 0.125 e. The third-order valence-corrected chi connectivity index (χ3v) is 3.86. The largest absolute Gasteiger partial charge is 0.490 e. The average Bonchev–Trinajstić information content (AvgIpc) is 2.37. The van der Waals surface area contributed by atoms with Crippen LogP contribution in [0.25, 0.3) is 0 Å². The van der Waals surface area contributed by atoms with E-state index in [1.165, 1.54) is 0 Å². The van der Waals surface area contributed by atoms with Crippen molar-refractivity contribution in [3.05, 3.63) is 29.3 Å². The fourth-order valence-corrected chi connectivity index (χ4v) is 2.49. The van der Waals surface area contributed by atoms with Gasteiger partial charge in [-0.3, -0.25) is 4.21 Å². The zero-order valence-corrected chi connectivity index (χ0v) is 13.3. The smallest absolute Gasteiger partial charge is 0.125 e. The number of hydrogen-bond acceptors (Lipinski definition) is 4. The van der Waals surface area contributed by atoms with Crippen molar-refractivity contribution < 1.29 is 14.1 Å². The van der Waals surface area contributed by atoms with Gasteiger partial charge in [-0.15, -0.1) is 0 Å². The van der Waals surface area contributed by atoms with E-state index in [9.17, 15) is 9.32 Å². The Morgan fingerprint density at radius 3 is 2.60 bits per heavy atom. The summed E-state index contributed by atoms with van der Waals surface area (Å²) in [4.78, 5) is 0. The van der Waals surface area contributed by atoms with Gasteiger partial charge in [0.25, 0.3) is 0 Å². The molecule has 0 aromatic heterocycles. The summed E-state index contributed by atoms with van der Waals surface area (Å²) in [6.07, 6.45) is 2.02. The van der Waals surface area contributed by atoms with Crippen LogP contribution in [0.15, 0.2) is 18.2 Å². The van der Waals surface area contributed by atoms with Gasteiger partial charge in [0.1, 0.15) is 18.5 Å². The van der Waals surface area contributed by atoms with Gasteiger partial charge in [0.2, 0.25) is 0 Å². The highest BCUT2D eigenvalue weighted by Gasteiger charge is 2.08. The Bertz CT molecular complexity index is 417. The minimum Gasteiger partial charge on any atom is -0.490 e. The Morgan fingerprint density at radius 2 is 2.00 bits per heavy atom. The van der Waals surface area contributed by atoms with Crippen LogP contribution in [0.4, 0.5) is 0 Å². The van der Waals surface area contributed by atoms with Crippen molar-refractivity contribution in [3.8, 4) is 5.75 Å². The SMILES string of the molecule is Cc1cccc(C)c1OCC(O)CNCCCS(C)=O. The summed E-state index contributed by atoms with van der Waals surface area (Å²) in [6.45, 7) is 5.52. The third kappa shape index (κ3) is 6.50. The Balaban J connectivity index is 2.23. The first kappa shape index (κ1) is 17.1. The summed E-state index contributed by atoms with van der Waals surface area (Å²) in [5.41, 5.74) is 2.16. The Labute approximate surface area is 124 Å². The zero-order valence-electron chi connectivity index (χ0n) is 12.5. The van der Waals surface area contributed by atoms with Crippen LogP contribution in [0, 0.1) is 13.8 Å². The van der Waals surface area contributed by atoms with Gasteiger partial charge in [-0.1, -0.05) is 18.2 Å². The van der Waals surface area contributed by atoms with Gasteiger partial charge in [0, 0.05) is 29.4 Å². The third-order valence-electron chi connectivity index (χ3n) is 2.99. The molecule has 0 spiro atoms. The fraction of sp³-hybridized carbons (Fsp3) is 0.600. The molecule has 0 saturated heterocycles. The molecule has 0 heterocycles. The summed E-state index contributed by atoms with van der Waals surface area (Å²) in [5.74, 6) is 1.55. The van der Waals surface area contributed by atoms with Crippen LogP contribution in [0.3, 0.4) is 0 Å². The predicted molar refractivity (Wildman–Crippen MR) is 83.8 cm³/mol. The Hall–Kier alpha value is -0.910. The number of aliphatic hydroxyl groups excluding tert-OH is 1. The standard InChI is InChI=1S/C15H25NO3S/c1-12-6-4-7-13(2)15(12)19-11-14(17)10-16-8-5-9-20(3)18/h4,6-7,14,16-17H,5,8-11H2,1-3H3. The number of rotatable bonds is 9. The van der Waals surface area contributed by atoms with Crippen LogP contribution in [0.2, 0.25) is 0 Å². The van der Waals surface area contributed by atoms with Crippen LogP contribution in [0.5, 0.6) is 5.75 Å². The first-order chi connectivity index (χ1) is 9.50. The number of benzene rings is 1. The van der Waals surface area contributed by atoms with Crippen molar-refractivity contribution in [2.75, 3.05) is 31.7 Å². The zero-order chi connectivity index (χ0) is 15.0. The normalized spacial score (nSPS) is 14.0. The number of ether oxygens (including phenoxy) is 1. The molecule has 0 bridgehead atoms. The number of aliphatic hydroxyl groups is 1. The van der Waals surface area contributed by atoms with E-state index >= 15 is 0 Å². The molecular weight excluding hydrogens is 274 g/mol. The van der Waals surface area contributed by atoms with Gasteiger partial charge in [-0.2, -0.15) is 0 Å². The van der Waals surface area contributed by atoms with E-state index < -0.39 is 16.9 Å². The molecule has 1 rings (SSSR count). The van der Waals surface area contributed by atoms with Crippen LogP contribution >= 0.6 is 0 Å². The van der Waals surface area contributed by atoms with Crippen LogP contribution in [-0.2, 0) is 10.8 Å². The summed E-state index contributed by atoms with van der Waals surface area (Å²) in [5, 5.41) is 13.0. The number of para-hydroxylation sites is 1. The Kier molecular flexibility index (Phi) is 7.80. The van der Waals surface area contributed by atoms with Gasteiger partial charge in [0.05, 0.1) is 0 Å². The van der Waals surface area contributed by atoms with Crippen LogP contribution in [0.1, 0.15) is 17.5 Å². The molecule has 0 radical (unpaired) electrons. The first-order valence-electron chi connectivity index (χ1n) is 6.88. The molecule has 2 atom stereocenters. The lowest BCUT2D eigenvalue weighted by molar-refractivity contribution is 0.106. The van der Waals surface area contributed by atoms with E-state index in [1.54, 1.807) is 6.26 Å². The molecule has 1 aromatic carbocycles. The minimum atomic E-state index is -0.741. The van der Waals surface area contributed by atoms with Crippen molar-refractivity contribution in [2.24, 2.45) is 0 Å². The lowest BCUT2D eigenvalue weighted by Crippen LogP contribution is -2.32. The molecule has 20 heavy (non-hydrogen) atoms. The Morgan fingerprint density at radius 1 is 1.35 bits per heavy atom.